The van der Waals surface area contributed by atoms with Crippen molar-refractivity contribution in [2.45, 2.75) is 157 Å². The number of aliphatic hydroxyl groups is 6. The number of halogens is 2. The molecule has 17 atom stereocenters. The standard InChI is InChI=1S/C79H95Cl2N13O29/c1-31(2)18-43(87-5)72(109)94-62-63(102)35-8-12-49(41(81)21-35)119-52-23-36-22-51(67(52)123-77-68(66(105)65(104)53(29-95)120-77)122-56-28-79(4,86)69(106)32(3)117-56)118-48-11-7-33(20-40(48)80)46(98)27-55(101)91-61(74(111)89-30-116-17-16-115-15-14-88-78(114)121-50-13-9-42(82)64(103)58(50)70(84)107)39-24-37(96)25-47(99)57(39)38-19-34(6-10-45(38)97)59(71(85)108)92-75(112)60(36)93-73(110)44(26-54(83)100)90-76(62)113/h6-13,19-25,31-32,43-44,46,53,56,59-63,65-66,68-69,77,87,95-99,102-106H,14-18,26-30,82,86H2,1-5H3,(H2,83,100)(H2,84,107)(H2,85,108)(H,88,114)(H,89,111)(H,90,113)(H,91,101)(H,92,112)(H,93,110)(H,94,109)/t32-,43-,44+,46+,53+,56-,59-,60-,61?,62-,63-,65-,66+,68+,69-,77?,79+/m1/s1. The molecule has 6 aromatic carbocycles. The number of carbonyl (C=O) groups excluding carboxylic acids is 10. The summed E-state index contributed by atoms with van der Waals surface area (Å²) in [5.41, 5.74) is 24.4. The van der Waals surface area contributed by atoms with Crippen LogP contribution in [0.1, 0.15) is 122 Å². The lowest BCUT2D eigenvalue weighted by Gasteiger charge is -2.47. The average Bonchev–Trinajstić information content (AvgIpc) is 0.768. The molecule has 44 heteroatoms. The molecule has 28 N–H and O–H groups in total. The van der Waals surface area contributed by atoms with Crippen LogP contribution in [0.5, 0.6) is 57.5 Å². The first kappa shape index (κ1) is 93.5. The Labute approximate surface area is 710 Å². The van der Waals surface area contributed by atoms with Crippen LogP contribution >= 0.6 is 23.2 Å². The van der Waals surface area contributed by atoms with Crippen molar-refractivity contribution < 1.29 is 142 Å². The summed E-state index contributed by atoms with van der Waals surface area (Å²) in [5.74, 6) is -17.6. The van der Waals surface area contributed by atoms with Gasteiger partial charge in [-0.3, -0.25) is 43.2 Å². The maximum atomic E-state index is 16.0. The maximum absolute atomic E-state index is 16.0. The SMILES string of the molecule is CN[C@H](CC(C)C)C(=O)N[C@H]1C(=O)N[C@@H](CC(N)=O)C(=O)N[C@H]2C(=O)N[C@@H](C(N)=O)c3ccc(O)c(c3)-c3c(O)cc(O)cc3C(C(=O)NCOCCOCCNC(=O)Oc3ccc(N)c(O)c3C(N)=O)NC(=O)C[C@H](O)c3ccc(c(Cl)c3)Oc3cc2cc(c3OC2O[C@@H](CO)[C@@H](O)[C@H](O)[C@@H]2O[C@@H]2C[C@](C)(N)[C@H](O)[C@@H](C)O2)Oc2ccc(cc2Cl)[C@H]1O. The second-order valence-electron chi connectivity index (χ2n) is 29.9. The number of likely N-dealkylation sites (N-methyl/N-ethyl adjacent to an activating group) is 1. The third-order valence-electron chi connectivity index (χ3n) is 20.2. The first-order valence-electron chi connectivity index (χ1n) is 38.2. The Kier molecular flexibility index (Phi) is 30.8. The van der Waals surface area contributed by atoms with Crippen LogP contribution in [-0.2, 0) is 62.0 Å². The number of anilines is 1. The third-order valence-corrected chi connectivity index (χ3v) is 20.8. The third kappa shape index (κ3) is 22.6. The van der Waals surface area contributed by atoms with Crippen LogP contribution in [0, 0.1) is 5.92 Å². The highest BCUT2D eigenvalue weighted by Gasteiger charge is 2.51. The lowest BCUT2D eigenvalue weighted by Crippen LogP contribution is -2.64. The monoisotopic (exact) mass is 1760 g/mol. The summed E-state index contributed by atoms with van der Waals surface area (Å²) in [5, 5.41) is 134. The molecule has 6 aliphatic rings. The van der Waals surface area contributed by atoms with Crippen LogP contribution in [-0.4, -0.2) is 230 Å². The average molecular weight is 1760 g/mol. The van der Waals surface area contributed by atoms with Crippen LogP contribution in [0.25, 0.3) is 11.1 Å². The minimum atomic E-state index is -2.37. The molecule has 9 bridgehead atoms. The lowest BCUT2D eigenvalue weighted by molar-refractivity contribution is -0.333. The van der Waals surface area contributed by atoms with Gasteiger partial charge in [0.15, 0.2) is 29.6 Å². The van der Waals surface area contributed by atoms with Gasteiger partial charge in [0.05, 0.1) is 79.4 Å². The Morgan fingerprint density at radius 2 is 1.37 bits per heavy atom. The molecule has 2 fully saturated rings. The summed E-state index contributed by atoms with van der Waals surface area (Å²) in [7, 11) is 1.46. The smallest absolute Gasteiger partial charge is 0.412 e. The number of hydrogen-bond acceptors (Lipinski definition) is 32. The molecular weight excluding hydrogens is 1670 g/mol. The Hall–Kier alpha value is -11.7. The highest BCUT2D eigenvalue weighted by molar-refractivity contribution is 6.32. The minimum Gasteiger partial charge on any atom is -0.508 e. The largest absolute Gasteiger partial charge is 0.508 e. The molecule has 0 saturated carbocycles. The van der Waals surface area contributed by atoms with Crippen LogP contribution in [0.15, 0.2) is 91.0 Å². The number of ether oxygens (including phenoxy) is 9. The van der Waals surface area contributed by atoms with E-state index in [9.17, 15) is 89.4 Å². The fraction of sp³-hybridized carbons (Fsp3) is 0.418. The van der Waals surface area contributed by atoms with E-state index in [4.69, 9.17) is 94.5 Å². The van der Waals surface area contributed by atoms with Gasteiger partial charge in [0, 0.05) is 35.7 Å². The van der Waals surface area contributed by atoms with E-state index in [-0.39, 0.29) is 73.3 Å². The first-order valence-corrected chi connectivity index (χ1v) is 38.9. The van der Waals surface area contributed by atoms with E-state index >= 15 is 9.59 Å². The molecule has 664 valence electrons. The van der Waals surface area contributed by atoms with Crippen molar-refractivity contribution in [1.29, 1.82) is 0 Å². The molecule has 123 heavy (non-hydrogen) atoms. The number of primary amides is 3. The number of rotatable bonds is 24. The Bertz CT molecular complexity index is 4970. The van der Waals surface area contributed by atoms with Crippen molar-refractivity contribution in [2.24, 2.45) is 28.9 Å². The van der Waals surface area contributed by atoms with E-state index < -0.39 is 278 Å². The van der Waals surface area contributed by atoms with Crippen LogP contribution in [0.3, 0.4) is 0 Å². The van der Waals surface area contributed by atoms with Crippen molar-refractivity contribution in [2.75, 3.05) is 52.5 Å². The van der Waals surface area contributed by atoms with Crippen LogP contribution < -0.4 is 90.2 Å². The topological polar surface area (TPSA) is 682 Å². The second-order valence-corrected chi connectivity index (χ2v) is 30.7. The van der Waals surface area contributed by atoms with Gasteiger partial charge in [-0.05, 0) is 128 Å². The number of amides is 10. The Morgan fingerprint density at radius 3 is 1.99 bits per heavy atom. The molecule has 12 rings (SSSR count). The molecule has 6 heterocycles. The number of aromatic hydroxyl groups is 4. The Balaban J connectivity index is 1.09. The quantitative estimate of drug-likeness (QED) is 0.0160. The van der Waals surface area contributed by atoms with E-state index in [1.54, 1.807) is 0 Å². The van der Waals surface area contributed by atoms with E-state index in [0.717, 1.165) is 66.7 Å². The maximum Gasteiger partial charge on any atom is 0.412 e. The summed E-state index contributed by atoms with van der Waals surface area (Å²) in [6.07, 6.45) is -20.6. The highest BCUT2D eigenvalue weighted by atomic mass is 35.5. The first-order chi connectivity index (χ1) is 58.2. The molecule has 0 aliphatic carbocycles. The number of aliphatic hydroxyl groups excluding tert-OH is 6. The van der Waals surface area contributed by atoms with Gasteiger partial charge in [-0.25, -0.2) is 4.79 Å². The van der Waals surface area contributed by atoms with Gasteiger partial charge >= 0.3 is 6.09 Å². The van der Waals surface area contributed by atoms with E-state index in [1.165, 1.54) is 45.2 Å². The molecule has 6 aliphatic heterocycles. The van der Waals surface area contributed by atoms with Crippen molar-refractivity contribution in [3.63, 3.8) is 0 Å². The zero-order valence-corrected chi connectivity index (χ0v) is 67.9. The van der Waals surface area contributed by atoms with Gasteiger partial charge < -0.3 is 165 Å². The van der Waals surface area contributed by atoms with Crippen molar-refractivity contribution >= 4 is 88.1 Å². The summed E-state index contributed by atoms with van der Waals surface area (Å²) in [6, 6.07) is 4.01. The minimum absolute atomic E-state index is 0.119. The van der Waals surface area contributed by atoms with E-state index in [2.05, 4.69) is 42.5 Å². The zero-order valence-electron chi connectivity index (χ0n) is 66.4. The molecule has 6 aromatic rings. The molecule has 0 spiro atoms. The molecule has 10 amide bonds. The fourth-order valence-corrected chi connectivity index (χ4v) is 14.4. The molecule has 0 aromatic heterocycles. The predicted octanol–water partition coefficient (Wildman–Crippen LogP) is -0.319. The summed E-state index contributed by atoms with van der Waals surface area (Å²) < 4.78 is 54.7. The van der Waals surface area contributed by atoms with Gasteiger partial charge in [0.1, 0.15) is 101 Å². The van der Waals surface area contributed by atoms with Gasteiger partial charge in [-0.2, -0.15) is 0 Å². The normalized spacial score (nSPS) is 25.2. The van der Waals surface area contributed by atoms with Gasteiger partial charge in [-0.1, -0.05) is 55.2 Å². The molecule has 42 nitrogen and oxygen atoms in total. The second kappa shape index (κ2) is 40.5. The van der Waals surface area contributed by atoms with Gasteiger partial charge in [0.25, 0.3) is 5.91 Å². The number of hydrogen-bond donors (Lipinski definition) is 23. The molecule has 2 unspecified atom stereocenters. The summed E-state index contributed by atoms with van der Waals surface area (Å²) in [6.45, 7) is 4.12. The predicted molar refractivity (Wildman–Crippen MR) is 428 cm³/mol. The summed E-state index contributed by atoms with van der Waals surface area (Å²) >= 11 is 14.2. The van der Waals surface area contributed by atoms with Crippen LogP contribution in [0.2, 0.25) is 10.0 Å². The van der Waals surface area contributed by atoms with Crippen molar-refractivity contribution in [3.05, 3.63) is 134 Å². The molecule has 2 saturated heterocycles. The summed E-state index contributed by atoms with van der Waals surface area (Å²) in [4.78, 5) is 142. The number of nitrogens with one attached hydrogen (secondary N) is 8. The fourth-order valence-electron chi connectivity index (χ4n) is 13.9. The lowest BCUT2D eigenvalue weighted by atomic mass is 9.86. The van der Waals surface area contributed by atoms with E-state index in [0.29, 0.717) is 0 Å². The number of fused-ring (bicyclic) bond motifs is 16. The number of phenolic OH excluding ortho intramolecular Hbond substituents is 3. The molecular formula is C79H95Cl2N13O29. The molecule has 0 radical (unpaired) electrons. The Morgan fingerprint density at radius 1 is 0.707 bits per heavy atom. The number of carbonyl (C=O) groups is 10. The zero-order chi connectivity index (χ0) is 89.9. The van der Waals surface area contributed by atoms with E-state index in [1.807, 2.05) is 13.8 Å². The van der Waals surface area contributed by atoms with Gasteiger partial charge in [0.2, 0.25) is 59.3 Å². The number of nitrogen functional groups attached to an aromatic ring is 1. The van der Waals surface area contributed by atoms with Gasteiger partial charge in [-0.15, -0.1) is 0 Å². The highest BCUT2D eigenvalue weighted by Crippen LogP contribution is 2.50. The number of nitrogens with two attached hydrogens (primary N) is 5. The van der Waals surface area contributed by atoms with Crippen molar-refractivity contribution in [1.82, 2.24) is 42.5 Å². The number of benzene rings is 6. The van der Waals surface area contributed by atoms with Crippen molar-refractivity contribution in [3.8, 4) is 68.6 Å². The van der Waals surface area contributed by atoms with Crippen LogP contribution in [0.4, 0.5) is 10.5 Å². The number of phenols is 4.